The maximum absolute atomic E-state index is 12.7. The van der Waals surface area contributed by atoms with Gasteiger partial charge in [0.05, 0.1) is 6.54 Å². The van der Waals surface area contributed by atoms with Crippen molar-refractivity contribution in [3.63, 3.8) is 0 Å². The van der Waals surface area contributed by atoms with Crippen LogP contribution in [0.2, 0.25) is 0 Å². The fraction of sp³-hybridized carbons (Fsp3) is 0.476. The van der Waals surface area contributed by atoms with Crippen LogP contribution in [0.4, 0.5) is 4.79 Å². The normalized spacial score (nSPS) is 16.8. The Morgan fingerprint density at radius 2 is 2.04 bits per heavy atom. The van der Waals surface area contributed by atoms with Crippen molar-refractivity contribution < 1.29 is 14.3 Å². The molecule has 2 heterocycles. The number of nitrogens with one attached hydrogen (secondary N) is 1. The Balaban J connectivity index is 1.56. The summed E-state index contributed by atoms with van der Waals surface area (Å²) in [5.74, 6) is -0.138. The predicted molar refractivity (Wildman–Crippen MR) is 106 cm³/mol. The van der Waals surface area contributed by atoms with Crippen LogP contribution in [0.5, 0.6) is 0 Å². The summed E-state index contributed by atoms with van der Waals surface area (Å²) >= 11 is 0. The average molecular weight is 384 g/mol. The molecule has 150 valence electrons. The lowest BCUT2D eigenvalue weighted by Crippen LogP contribution is -2.47. The minimum Gasteiger partial charge on any atom is -0.444 e. The van der Waals surface area contributed by atoms with Gasteiger partial charge in [-0.3, -0.25) is 14.4 Å². The Morgan fingerprint density at radius 1 is 1.25 bits per heavy atom. The van der Waals surface area contributed by atoms with Gasteiger partial charge in [0.25, 0.3) is 0 Å². The lowest BCUT2D eigenvalue weighted by molar-refractivity contribution is -0.125. The molecule has 0 aliphatic carbocycles. The quantitative estimate of drug-likeness (QED) is 0.860. The number of nitrogens with zero attached hydrogens (tertiary/aromatic N) is 3. The van der Waals surface area contributed by atoms with Gasteiger partial charge in [0.15, 0.2) is 0 Å². The highest BCUT2D eigenvalue weighted by Gasteiger charge is 2.36. The molecule has 0 spiro atoms. The van der Waals surface area contributed by atoms with Crippen LogP contribution in [0.15, 0.2) is 42.7 Å². The minimum atomic E-state index is -0.574. The molecule has 1 unspecified atom stereocenters. The van der Waals surface area contributed by atoms with Gasteiger partial charge in [-0.15, -0.1) is 0 Å². The third kappa shape index (κ3) is 5.34. The molecule has 1 N–H and O–H groups in total. The number of carbonyl (C=O) groups excluding carboxylic acids is 2. The molecular weight excluding hydrogens is 356 g/mol. The van der Waals surface area contributed by atoms with Gasteiger partial charge in [0.2, 0.25) is 5.91 Å². The summed E-state index contributed by atoms with van der Waals surface area (Å²) < 4.78 is 7.29. The highest BCUT2D eigenvalue weighted by atomic mass is 16.6. The average Bonchev–Trinajstić information content (AvgIpc) is 3.30. The highest BCUT2D eigenvalue weighted by Crippen LogP contribution is 2.21. The molecule has 0 radical (unpaired) electrons. The van der Waals surface area contributed by atoms with Crippen LogP contribution in [0, 0.1) is 0 Å². The first-order valence-electron chi connectivity index (χ1n) is 9.64. The summed E-state index contributed by atoms with van der Waals surface area (Å²) in [6.07, 6.45) is 4.70. The number of hydrogen-bond acceptors (Lipinski definition) is 4. The summed E-state index contributed by atoms with van der Waals surface area (Å²) in [5, 5.41) is 7.18. The summed E-state index contributed by atoms with van der Waals surface area (Å²) in [7, 11) is 0. The topological polar surface area (TPSA) is 76.5 Å². The maximum Gasteiger partial charge on any atom is 0.410 e. The molecule has 1 saturated heterocycles. The Morgan fingerprint density at radius 3 is 2.75 bits per heavy atom. The molecule has 7 nitrogen and oxygen atoms in total. The molecule has 0 saturated carbocycles. The molecule has 1 aromatic carbocycles. The smallest absolute Gasteiger partial charge is 0.410 e. The zero-order chi connectivity index (χ0) is 20.1. The van der Waals surface area contributed by atoms with E-state index < -0.39 is 17.7 Å². The van der Waals surface area contributed by atoms with Gasteiger partial charge in [0, 0.05) is 25.5 Å². The first kappa shape index (κ1) is 19.9. The van der Waals surface area contributed by atoms with Crippen molar-refractivity contribution >= 4 is 12.0 Å². The van der Waals surface area contributed by atoms with E-state index in [9.17, 15) is 9.59 Å². The van der Waals surface area contributed by atoms with Crippen molar-refractivity contribution in [1.82, 2.24) is 20.0 Å². The number of benzene rings is 1. The van der Waals surface area contributed by atoms with Crippen LogP contribution >= 0.6 is 0 Å². The van der Waals surface area contributed by atoms with Gasteiger partial charge in [0.1, 0.15) is 11.6 Å². The number of rotatable bonds is 5. The second kappa shape index (κ2) is 8.46. The van der Waals surface area contributed by atoms with Crippen molar-refractivity contribution in [2.75, 3.05) is 6.54 Å². The van der Waals surface area contributed by atoms with E-state index in [-0.39, 0.29) is 5.91 Å². The number of ether oxygens (including phenoxy) is 1. The van der Waals surface area contributed by atoms with E-state index in [0.29, 0.717) is 26.1 Å². The second-order valence-corrected chi connectivity index (χ2v) is 8.07. The lowest BCUT2D eigenvalue weighted by atomic mass is 10.1. The molecule has 1 aliphatic rings. The first-order chi connectivity index (χ1) is 13.3. The van der Waals surface area contributed by atoms with Crippen molar-refractivity contribution in [2.24, 2.45) is 0 Å². The molecule has 1 atom stereocenters. The van der Waals surface area contributed by atoms with Gasteiger partial charge >= 0.3 is 6.09 Å². The maximum atomic E-state index is 12.7. The molecule has 0 bridgehead atoms. The molecule has 2 aromatic rings. The molecule has 1 fully saturated rings. The van der Waals surface area contributed by atoms with Gasteiger partial charge in [-0.05, 0) is 50.8 Å². The molecule has 2 amide bonds. The third-order valence-corrected chi connectivity index (χ3v) is 4.55. The third-order valence-electron chi connectivity index (χ3n) is 4.55. The molecule has 3 rings (SSSR count). The van der Waals surface area contributed by atoms with E-state index >= 15 is 0 Å². The van der Waals surface area contributed by atoms with Crippen LogP contribution in [0.1, 0.15) is 44.7 Å². The second-order valence-electron chi connectivity index (χ2n) is 8.07. The van der Waals surface area contributed by atoms with Crippen LogP contribution in [0.3, 0.4) is 0 Å². The number of aromatic nitrogens is 2. The standard InChI is InChI=1S/C21H28N4O3/c1-21(2,3)28-20(27)25-12-5-9-18(25)19(26)22-14-16-7-4-8-17(13-16)15-24-11-6-10-23-24/h4,6-8,10-11,13,18H,5,9,12,14-15H2,1-3H3,(H,22,26). The zero-order valence-corrected chi connectivity index (χ0v) is 16.7. The minimum absolute atomic E-state index is 0.138. The SMILES string of the molecule is CC(C)(C)OC(=O)N1CCCC1C(=O)NCc1cccc(Cn2cccn2)c1. The largest absolute Gasteiger partial charge is 0.444 e. The summed E-state index contributed by atoms with van der Waals surface area (Å²) in [6.45, 7) is 7.13. The number of hydrogen-bond donors (Lipinski definition) is 1. The first-order valence-corrected chi connectivity index (χ1v) is 9.64. The van der Waals surface area contributed by atoms with Gasteiger partial charge < -0.3 is 10.1 Å². The van der Waals surface area contributed by atoms with Crippen LogP contribution in [-0.4, -0.2) is 44.9 Å². The van der Waals surface area contributed by atoms with E-state index in [0.717, 1.165) is 17.5 Å². The van der Waals surface area contributed by atoms with Crippen molar-refractivity contribution in [1.29, 1.82) is 0 Å². The summed E-state index contributed by atoms with van der Waals surface area (Å²) in [4.78, 5) is 26.6. The van der Waals surface area contributed by atoms with Crippen molar-refractivity contribution in [3.8, 4) is 0 Å². The number of likely N-dealkylation sites (tertiary alicyclic amines) is 1. The Bertz CT molecular complexity index is 811. The Kier molecular flexibility index (Phi) is 6.02. The lowest BCUT2D eigenvalue weighted by Gasteiger charge is -2.28. The highest BCUT2D eigenvalue weighted by molar-refractivity contribution is 5.86. The van der Waals surface area contributed by atoms with Gasteiger partial charge in [-0.25, -0.2) is 4.79 Å². The zero-order valence-electron chi connectivity index (χ0n) is 16.7. The molecule has 7 heteroatoms. The van der Waals surface area contributed by atoms with E-state index in [1.165, 1.54) is 4.90 Å². The van der Waals surface area contributed by atoms with Crippen molar-refractivity contribution in [2.45, 2.75) is 58.3 Å². The fourth-order valence-corrected chi connectivity index (χ4v) is 3.30. The number of carbonyl (C=O) groups is 2. The fourth-order valence-electron chi connectivity index (χ4n) is 3.30. The van der Waals surface area contributed by atoms with E-state index in [4.69, 9.17) is 4.74 Å². The van der Waals surface area contributed by atoms with Crippen molar-refractivity contribution in [3.05, 3.63) is 53.9 Å². The molecule has 1 aliphatic heterocycles. The van der Waals surface area contributed by atoms with Crippen LogP contribution in [-0.2, 0) is 22.6 Å². The van der Waals surface area contributed by atoms with E-state index in [1.54, 1.807) is 6.20 Å². The monoisotopic (exact) mass is 384 g/mol. The van der Waals surface area contributed by atoms with E-state index in [2.05, 4.69) is 16.5 Å². The van der Waals surface area contributed by atoms with Crippen LogP contribution in [0.25, 0.3) is 0 Å². The van der Waals surface area contributed by atoms with E-state index in [1.807, 2.05) is 55.9 Å². The molecule has 28 heavy (non-hydrogen) atoms. The summed E-state index contributed by atoms with van der Waals surface area (Å²) in [5.41, 5.74) is 1.56. The van der Waals surface area contributed by atoms with Gasteiger partial charge in [-0.2, -0.15) is 5.10 Å². The predicted octanol–water partition coefficient (Wildman–Crippen LogP) is 2.95. The molecular formula is C21H28N4O3. The Labute approximate surface area is 165 Å². The van der Waals surface area contributed by atoms with Gasteiger partial charge in [-0.1, -0.05) is 24.3 Å². The number of amides is 2. The summed E-state index contributed by atoms with van der Waals surface area (Å²) in [6, 6.07) is 9.47. The van der Waals surface area contributed by atoms with Crippen LogP contribution < -0.4 is 5.32 Å². The molecule has 1 aromatic heterocycles. The Hall–Kier alpha value is -2.83.